The summed E-state index contributed by atoms with van der Waals surface area (Å²) >= 11 is 0. The van der Waals surface area contributed by atoms with Crippen LogP contribution >= 0.6 is 0 Å². The van der Waals surface area contributed by atoms with Crippen molar-refractivity contribution in [1.82, 2.24) is 5.01 Å². The van der Waals surface area contributed by atoms with E-state index in [9.17, 15) is 0 Å². The van der Waals surface area contributed by atoms with Crippen molar-refractivity contribution in [3.8, 4) is 17.2 Å². The second-order valence-electron chi connectivity index (χ2n) is 7.47. The molecular formula is C22H24N2O3. The van der Waals surface area contributed by atoms with Crippen molar-refractivity contribution in [2.45, 2.75) is 43.9 Å². The van der Waals surface area contributed by atoms with E-state index >= 15 is 0 Å². The van der Waals surface area contributed by atoms with Crippen LogP contribution in [0.1, 0.15) is 49.3 Å². The summed E-state index contributed by atoms with van der Waals surface area (Å²) in [6.45, 7) is 0. The lowest BCUT2D eigenvalue weighted by Crippen LogP contribution is -2.51. The molecule has 1 aliphatic carbocycles. The topological polar surface area (TPSA) is 43.3 Å². The minimum atomic E-state index is -0.347. The lowest BCUT2D eigenvalue weighted by atomic mass is 9.93. The monoisotopic (exact) mass is 364 g/mol. The Bertz CT molecular complexity index is 885. The minimum absolute atomic E-state index is 0.194. The van der Waals surface area contributed by atoms with Gasteiger partial charge >= 0.3 is 0 Å². The van der Waals surface area contributed by atoms with Crippen LogP contribution in [0.3, 0.4) is 0 Å². The van der Waals surface area contributed by atoms with Crippen LogP contribution < -0.4 is 14.2 Å². The molecule has 0 saturated heterocycles. The first-order valence-corrected chi connectivity index (χ1v) is 9.61. The number of fused-ring (bicyclic) bond motifs is 4. The largest absolute Gasteiger partial charge is 0.497 e. The van der Waals surface area contributed by atoms with Crippen molar-refractivity contribution in [2.75, 3.05) is 14.2 Å². The molecule has 0 N–H and O–H groups in total. The predicted molar refractivity (Wildman–Crippen MR) is 104 cm³/mol. The van der Waals surface area contributed by atoms with Crippen LogP contribution in [-0.2, 0) is 0 Å². The Morgan fingerprint density at radius 1 is 1.04 bits per heavy atom. The van der Waals surface area contributed by atoms with E-state index in [-0.39, 0.29) is 11.8 Å². The van der Waals surface area contributed by atoms with Gasteiger partial charge < -0.3 is 14.2 Å². The van der Waals surface area contributed by atoms with E-state index in [4.69, 9.17) is 19.3 Å². The van der Waals surface area contributed by atoms with Gasteiger partial charge in [-0.15, -0.1) is 0 Å². The van der Waals surface area contributed by atoms with E-state index in [1.807, 2.05) is 24.3 Å². The molecule has 0 aromatic heterocycles. The molecule has 5 nitrogen and oxygen atoms in total. The van der Waals surface area contributed by atoms with Crippen molar-refractivity contribution in [3.63, 3.8) is 0 Å². The van der Waals surface area contributed by atoms with E-state index in [2.05, 4.69) is 23.2 Å². The third-order valence-electron chi connectivity index (χ3n) is 6.02. The van der Waals surface area contributed by atoms with E-state index in [1.165, 1.54) is 18.4 Å². The molecule has 0 amide bonds. The molecule has 2 aliphatic heterocycles. The molecule has 0 radical (unpaired) electrons. The average Bonchev–Trinajstić information content (AvgIpc) is 3.36. The summed E-state index contributed by atoms with van der Waals surface area (Å²) in [5.74, 6) is 2.58. The van der Waals surface area contributed by atoms with Crippen LogP contribution in [0.2, 0.25) is 0 Å². The van der Waals surface area contributed by atoms with Crippen molar-refractivity contribution in [2.24, 2.45) is 5.10 Å². The van der Waals surface area contributed by atoms with Crippen LogP contribution in [-0.4, -0.2) is 30.7 Å². The second-order valence-corrected chi connectivity index (χ2v) is 7.47. The number of hydrogen-bond acceptors (Lipinski definition) is 5. The number of hydrazone groups is 1. The summed E-state index contributed by atoms with van der Waals surface area (Å²) in [4.78, 5) is 0. The zero-order chi connectivity index (χ0) is 18.4. The maximum Gasteiger partial charge on any atom is 0.198 e. The van der Waals surface area contributed by atoms with E-state index in [0.29, 0.717) is 0 Å². The molecule has 1 saturated carbocycles. The van der Waals surface area contributed by atoms with Crippen molar-refractivity contribution in [1.29, 1.82) is 0 Å². The Morgan fingerprint density at radius 3 is 2.52 bits per heavy atom. The van der Waals surface area contributed by atoms with Gasteiger partial charge in [-0.05, 0) is 48.7 Å². The number of methoxy groups -OCH3 is 2. The SMILES string of the molecule is COc1ccc(C2=NN3[C@H](C2)c2cccc(OC)c2OC32CCCC2)cc1. The molecule has 27 heavy (non-hydrogen) atoms. The molecular weight excluding hydrogens is 340 g/mol. The number of para-hydroxylation sites is 1. The van der Waals surface area contributed by atoms with Crippen LogP contribution in [0, 0.1) is 0 Å². The zero-order valence-electron chi connectivity index (χ0n) is 15.8. The van der Waals surface area contributed by atoms with Crippen molar-refractivity contribution < 1.29 is 14.2 Å². The van der Waals surface area contributed by atoms with Gasteiger partial charge in [0, 0.05) is 24.8 Å². The third-order valence-corrected chi connectivity index (χ3v) is 6.02. The highest BCUT2D eigenvalue weighted by Gasteiger charge is 2.52. The number of hydrogen-bond donors (Lipinski definition) is 0. The van der Waals surface area contributed by atoms with Gasteiger partial charge in [0.2, 0.25) is 0 Å². The molecule has 2 aromatic rings. The maximum absolute atomic E-state index is 6.61. The summed E-state index contributed by atoms with van der Waals surface area (Å²) in [6, 6.07) is 14.5. The summed E-state index contributed by atoms with van der Waals surface area (Å²) in [5, 5.41) is 7.31. The fourth-order valence-corrected chi connectivity index (χ4v) is 4.65. The fraction of sp³-hybridized carbons (Fsp3) is 0.409. The lowest BCUT2D eigenvalue weighted by molar-refractivity contribution is -0.115. The average molecular weight is 364 g/mol. The predicted octanol–water partition coefficient (Wildman–Crippen LogP) is 4.52. The fourth-order valence-electron chi connectivity index (χ4n) is 4.65. The Balaban J connectivity index is 1.58. The molecule has 0 bridgehead atoms. The Labute approximate surface area is 159 Å². The van der Waals surface area contributed by atoms with Gasteiger partial charge in [-0.3, -0.25) is 0 Å². The third kappa shape index (κ3) is 2.48. The molecule has 2 aromatic carbocycles. The highest BCUT2D eigenvalue weighted by atomic mass is 16.5. The molecule has 2 heterocycles. The Morgan fingerprint density at radius 2 is 1.81 bits per heavy atom. The summed E-state index contributed by atoms with van der Waals surface area (Å²) in [5.41, 5.74) is 3.07. The van der Waals surface area contributed by atoms with Gasteiger partial charge in [0.15, 0.2) is 17.2 Å². The van der Waals surface area contributed by atoms with Crippen molar-refractivity contribution >= 4 is 5.71 Å². The van der Waals surface area contributed by atoms with Gasteiger partial charge in [-0.25, -0.2) is 5.01 Å². The quantitative estimate of drug-likeness (QED) is 0.803. The van der Waals surface area contributed by atoms with Crippen LogP contribution in [0.4, 0.5) is 0 Å². The zero-order valence-corrected chi connectivity index (χ0v) is 15.8. The van der Waals surface area contributed by atoms with Crippen LogP contribution in [0.25, 0.3) is 0 Å². The molecule has 1 spiro atoms. The standard InChI is InChI=1S/C22H24N2O3/c1-25-16-10-8-15(9-11-16)18-14-19-17-6-5-7-20(26-2)21(17)27-22(24(19)23-18)12-3-4-13-22/h5-11,19H,3-4,12-14H2,1-2H3/t19-/m1/s1. The van der Waals surface area contributed by atoms with Crippen LogP contribution in [0.5, 0.6) is 17.2 Å². The van der Waals surface area contributed by atoms with Gasteiger partial charge in [-0.2, -0.15) is 5.10 Å². The van der Waals surface area contributed by atoms with E-state index in [0.717, 1.165) is 47.8 Å². The normalized spacial score (nSPS) is 22.1. The molecule has 5 rings (SSSR count). The Hall–Kier alpha value is -2.69. The lowest BCUT2D eigenvalue weighted by Gasteiger charge is -2.46. The van der Waals surface area contributed by atoms with Gasteiger partial charge in [-0.1, -0.05) is 12.1 Å². The van der Waals surface area contributed by atoms with Gasteiger partial charge in [0.25, 0.3) is 0 Å². The van der Waals surface area contributed by atoms with E-state index < -0.39 is 0 Å². The summed E-state index contributed by atoms with van der Waals surface area (Å²) in [6.07, 6.45) is 5.21. The van der Waals surface area contributed by atoms with Crippen molar-refractivity contribution in [3.05, 3.63) is 53.6 Å². The molecule has 1 fully saturated rings. The molecule has 0 unspecified atom stereocenters. The molecule has 140 valence electrons. The number of rotatable bonds is 3. The second kappa shape index (κ2) is 6.19. The maximum atomic E-state index is 6.61. The molecule has 3 aliphatic rings. The molecule has 5 heteroatoms. The number of nitrogens with zero attached hydrogens (tertiary/aromatic N) is 2. The number of ether oxygens (including phenoxy) is 3. The highest BCUT2D eigenvalue weighted by molar-refractivity contribution is 6.02. The summed E-state index contributed by atoms with van der Waals surface area (Å²) < 4.78 is 17.5. The number of benzene rings is 2. The van der Waals surface area contributed by atoms with E-state index in [1.54, 1.807) is 14.2 Å². The van der Waals surface area contributed by atoms with Gasteiger partial charge in [0.1, 0.15) is 5.75 Å². The first-order valence-electron chi connectivity index (χ1n) is 9.61. The highest BCUT2D eigenvalue weighted by Crippen LogP contribution is 2.54. The first-order chi connectivity index (χ1) is 13.2. The molecule has 1 atom stereocenters. The van der Waals surface area contributed by atoms with Gasteiger partial charge in [0.05, 0.1) is 26.0 Å². The van der Waals surface area contributed by atoms with Crippen LogP contribution in [0.15, 0.2) is 47.6 Å². The minimum Gasteiger partial charge on any atom is -0.497 e. The first kappa shape index (κ1) is 16.5. The Kier molecular flexibility index (Phi) is 3.78. The summed E-state index contributed by atoms with van der Waals surface area (Å²) in [7, 11) is 3.40. The smallest absolute Gasteiger partial charge is 0.198 e.